The Morgan fingerprint density at radius 2 is 1.77 bits per heavy atom. The van der Waals surface area contributed by atoms with Crippen LogP contribution in [0.5, 0.6) is 0 Å². The topological polar surface area (TPSA) is 30.5 Å². The van der Waals surface area contributed by atoms with Crippen LogP contribution < -0.4 is 15.5 Å². The maximum atomic E-state index is 3.59. The highest BCUT2D eigenvalue weighted by Crippen LogP contribution is 2.26. The number of hydrogen-bond donors (Lipinski definition) is 2. The molecule has 3 heterocycles. The SMILES string of the molecule is c1cc(N2CCC(N3CCCC3)C2)ccc1C1CNCCN1. The van der Waals surface area contributed by atoms with Crippen molar-refractivity contribution >= 4 is 5.69 Å². The highest BCUT2D eigenvalue weighted by Gasteiger charge is 2.29. The molecule has 0 saturated carbocycles. The van der Waals surface area contributed by atoms with E-state index in [1.54, 1.807) is 0 Å². The molecule has 3 fully saturated rings. The van der Waals surface area contributed by atoms with Gasteiger partial charge in [0, 0.05) is 50.5 Å². The van der Waals surface area contributed by atoms with Gasteiger partial charge in [0.05, 0.1) is 0 Å². The third-order valence-electron chi connectivity index (χ3n) is 5.52. The molecular weight excluding hydrogens is 272 g/mol. The predicted molar refractivity (Wildman–Crippen MR) is 91.5 cm³/mol. The van der Waals surface area contributed by atoms with Gasteiger partial charge in [-0.15, -0.1) is 0 Å². The van der Waals surface area contributed by atoms with Gasteiger partial charge >= 0.3 is 0 Å². The van der Waals surface area contributed by atoms with E-state index >= 15 is 0 Å². The molecule has 4 nitrogen and oxygen atoms in total. The summed E-state index contributed by atoms with van der Waals surface area (Å²) in [5.41, 5.74) is 2.81. The number of benzene rings is 1. The zero-order chi connectivity index (χ0) is 14.8. The average Bonchev–Trinajstić information content (AvgIpc) is 3.27. The maximum absolute atomic E-state index is 3.59. The Balaban J connectivity index is 1.38. The summed E-state index contributed by atoms with van der Waals surface area (Å²) in [6, 6.07) is 10.5. The van der Waals surface area contributed by atoms with Crippen LogP contribution in [0.2, 0.25) is 0 Å². The number of nitrogens with zero attached hydrogens (tertiary/aromatic N) is 2. The zero-order valence-corrected chi connectivity index (χ0v) is 13.4. The summed E-state index contributed by atoms with van der Waals surface area (Å²) in [7, 11) is 0. The van der Waals surface area contributed by atoms with Crippen LogP contribution in [0.4, 0.5) is 5.69 Å². The lowest BCUT2D eigenvalue weighted by atomic mass is 10.0. The van der Waals surface area contributed by atoms with Crippen LogP contribution in [0.3, 0.4) is 0 Å². The van der Waals surface area contributed by atoms with E-state index in [-0.39, 0.29) is 0 Å². The third kappa shape index (κ3) is 3.00. The molecule has 0 spiro atoms. The summed E-state index contributed by atoms with van der Waals surface area (Å²) in [6.45, 7) is 8.25. The van der Waals surface area contributed by atoms with Crippen LogP contribution in [0.1, 0.15) is 30.9 Å². The van der Waals surface area contributed by atoms with E-state index in [0.717, 1.165) is 25.7 Å². The number of rotatable bonds is 3. The van der Waals surface area contributed by atoms with Gasteiger partial charge < -0.3 is 15.5 Å². The second-order valence-corrected chi connectivity index (χ2v) is 6.93. The largest absolute Gasteiger partial charge is 0.370 e. The second-order valence-electron chi connectivity index (χ2n) is 6.93. The van der Waals surface area contributed by atoms with E-state index < -0.39 is 0 Å². The third-order valence-corrected chi connectivity index (χ3v) is 5.52. The quantitative estimate of drug-likeness (QED) is 0.888. The van der Waals surface area contributed by atoms with Crippen LogP contribution in [0.25, 0.3) is 0 Å². The summed E-state index contributed by atoms with van der Waals surface area (Å²) in [5.74, 6) is 0. The first kappa shape index (κ1) is 14.5. The first-order chi connectivity index (χ1) is 10.9. The van der Waals surface area contributed by atoms with Gasteiger partial charge in [0.2, 0.25) is 0 Å². The fourth-order valence-corrected chi connectivity index (χ4v) is 4.19. The normalized spacial score (nSPS) is 30.1. The molecule has 4 heteroatoms. The second kappa shape index (κ2) is 6.57. The van der Waals surface area contributed by atoms with Crippen molar-refractivity contribution in [1.29, 1.82) is 0 Å². The van der Waals surface area contributed by atoms with Crippen molar-refractivity contribution in [3.63, 3.8) is 0 Å². The van der Waals surface area contributed by atoms with Gasteiger partial charge in [0.1, 0.15) is 0 Å². The van der Waals surface area contributed by atoms with E-state index in [2.05, 4.69) is 44.7 Å². The molecule has 3 aliphatic heterocycles. The minimum Gasteiger partial charge on any atom is -0.370 e. The molecule has 0 radical (unpaired) electrons. The van der Waals surface area contributed by atoms with E-state index in [1.165, 1.54) is 56.7 Å². The fraction of sp³-hybridized carbons (Fsp3) is 0.667. The lowest BCUT2D eigenvalue weighted by Crippen LogP contribution is -2.42. The lowest BCUT2D eigenvalue weighted by Gasteiger charge is -2.26. The molecule has 2 N–H and O–H groups in total. The molecule has 0 aromatic heterocycles. The fourth-order valence-electron chi connectivity index (χ4n) is 4.19. The van der Waals surface area contributed by atoms with Crippen molar-refractivity contribution in [2.45, 2.75) is 31.3 Å². The van der Waals surface area contributed by atoms with Gasteiger partial charge in [-0.05, 0) is 50.0 Å². The van der Waals surface area contributed by atoms with Crippen molar-refractivity contribution < 1.29 is 0 Å². The Bertz CT molecular complexity index is 474. The van der Waals surface area contributed by atoms with Crippen LogP contribution >= 0.6 is 0 Å². The lowest BCUT2D eigenvalue weighted by molar-refractivity contribution is 0.260. The van der Waals surface area contributed by atoms with Gasteiger partial charge in [0.15, 0.2) is 0 Å². The molecule has 0 bridgehead atoms. The standard InChI is InChI=1S/C18H28N4/c1-2-11-21(10-1)17-7-12-22(14-17)16-5-3-15(4-6-16)18-13-19-8-9-20-18/h3-6,17-20H,1-2,7-14H2. The van der Waals surface area contributed by atoms with Gasteiger partial charge in [-0.25, -0.2) is 0 Å². The van der Waals surface area contributed by atoms with E-state index in [1.807, 2.05) is 0 Å². The summed E-state index contributed by atoms with van der Waals surface area (Å²) < 4.78 is 0. The van der Waals surface area contributed by atoms with Crippen LogP contribution in [0.15, 0.2) is 24.3 Å². The monoisotopic (exact) mass is 300 g/mol. The zero-order valence-electron chi connectivity index (χ0n) is 13.4. The van der Waals surface area contributed by atoms with Gasteiger partial charge in [-0.3, -0.25) is 4.90 Å². The van der Waals surface area contributed by atoms with Gasteiger partial charge in [-0.2, -0.15) is 0 Å². The number of hydrogen-bond acceptors (Lipinski definition) is 4. The Hall–Kier alpha value is -1.10. The van der Waals surface area contributed by atoms with Crippen molar-refractivity contribution in [3.8, 4) is 0 Å². The summed E-state index contributed by atoms with van der Waals surface area (Å²) >= 11 is 0. The summed E-state index contributed by atoms with van der Waals surface area (Å²) in [6.07, 6.45) is 4.12. The molecular formula is C18H28N4. The Kier molecular flexibility index (Phi) is 4.33. The van der Waals surface area contributed by atoms with Gasteiger partial charge in [-0.1, -0.05) is 12.1 Å². The first-order valence-electron chi connectivity index (χ1n) is 8.93. The molecule has 0 aliphatic carbocycles. The highest BCUT2D eigenvalue weighted by atomic mass is 15.3. The summed E-state index contributed by atoms with van der Waals surface area (Å²) in [5, 5.41) is 7.05. The molecule has 22 heavy (non-hydrogen) atoms. The highest BCUT2D eigenvalue weighted by molar-refractivity contribution is 5.49. The van der Waals surface area contributed by atoms with E-state index in [4.69, 9.17) is 0 Å². The Morgan fingerprint density at radius 1 is 0.955 bits per heavy atom. The maximum Gasteiger partial charge on any atom is 0.0447 e. The molecule has 2 atom stereocenters. The minimum absolute atomic E-state index is 0.471. The molecule has 3 saturated heterocycles. The smallest absolute Gasteiger partial charge is 0.0447 e. The molecule has 2 unspecified atom stereocenters. The molecule has 3 aliphatic rings. The van der Waals surface area contributed by atoms with Crippen molar-refractivity contribution in [2.75, 3.05) is 50.7 Å². The molecule has 0 amide bonds. The van der Waals surface area contributed by atoms with Crippen molar-refractivity contribution in [3.05, 3.63) is 29.8 Å². The molecule has 1 aromatic rings. The summed E-state index contributed by atoms with van der Waals surface area (Å²) in [4.78, 5) is 5.27. The van der Waals surface area contributed by atoms with Crippen molar-refractivity contribution in [1.82, 2.24) is 15.5 Å². The minimum atomic E-state index is 0.471. The molecule has 120 valence electrons. The average molecular weight is 300 g/mol. The van der Waals surface area contributed by atoms with Crippen LogP contribution in [-0.2, 0) is 0 Å². The van der Waals surface area contributed by atoms with E-state index in [0.29, 0.717) is 6.04 Å². The van der Waals surface area contributed by atoms with Crippen molar-refractivity contribution in [2.24, 2.45) is 0 Å². The first-order valence-corrected chi connectivity index (χ1v) is 8.93. The predicted octanol–water partition coefficient (Wildman–Crippen LogP) is 1.60. The van der Waals surface area contributed by atoms with Gasteiger partial charge in [0.25, 0.3) is 0 Å². The Labute approximate surface area is 133 Å². The van der Waals surface area contributed by atoms with Crippen LogP contribution in [-0.4, -0.2) is 56.8 Å². The van der Waals surface area contributed by atoms with Crippen LogP contribution in [0, 0.1) is 0 Å². The molecule has 1 aromatic carbocycles. The number of piperazine rings is 1. The molecule has 4 rings (SSSR count). The number of nitrogens with one attached hydrogen (secondary N) is 2. The number of likely N-dealkylation sites (tertiary alicyclic amines) is 1. The van der Waals surface area contributed by atoms with E-state index in [9.17, 15) is 0 Å². The number of anilines is 1. The Morgan fingerprint density at radius 3 is 2.50 bits per heavy atom.